The Bertz CT molecular complexity index is 716. The van der Waals surface area contributed by atoms with E-state index < -0.39 is 0 Å². The first-order valence-corrected chi connectivity index (χ1v) is 6.76. The molecule has 3 aromatic rings. The van der Waals surface area contributed by atoms with E-state index in [9.17, 15) is 0 Å². The summed E-state index contributed by atoms with van der Waals surface area (Å²) in [6.07, 6.45) is 2.25. The summed E-state index contributed by atoms with van der Waals surface area (Å²) in [6.45, 7) is 2.18. The molecule has 0 spiro atoms. The van der Waals surface area contributed by atoms with Gasteiger partial charge in [-0.25, -0.2) is 0 Å². The number of nitrogens with two attached hydrogens (primary N) is 1. The van der Waals surface area contributed by atoms with Crippen LogP contribution in [0.4, 0.5) is 17.4 Å². The lowest BCUT2D eigenvalue weighted by Crippen LogP contribution is -1.91. The highest BCUT2D eigenvalue weighted by Crippen LogP contribution is 2.23. The molecule has 0 unspecified atom stereocenters. The molecule has 0 radical (unpaired) electrons. The van der Waals surface area contributed by atoms with E-state index in [4.69, 9.17) is 10.2 Å². The fraction of sp³-hybridized carbons (Fsp3) is 0.188. The van der Waals surface area contributed by atoms with Crippen molar-refractivity contribution in [1.29, 1.82) is 0 Å². The molecule has 1 aromatic heterocycles. The van der Waals surface area contributed by atoms with E-state index in [0.29, 0.717) is 11.7 Å². The molecule has 2 aromatic carbocycles. The normalized spacial score (nSPS) is 10.8. The van der Waals surface area contributed by atoms with Crippen LogP contribution in [0, 0.1) is 0 Å². The molecule has 102 valence electrons. The maximum absolute atomic E-state index is 5.73. The lowest BCUT2D eigenvalue weighted by Gasteiger charge is -2.03. The number of oxazole rings is 1. The Morgan fingerprint density at radius 3 is 2.70 bits per heavy atom. The lowest BCUT2D eigenvalue weighted by molar-refractivity contribution is 0.623. The van der Waals surface area contributed by atoms with Crippen LogP contribution >= 0.6 is 0 Å². The topological polar surface area (TPSA) is 64.1 Å². The van der Waals surface area contributed by atoms with E-state index >= 15 is 0 Å². The molecule has 3 N–H and O–H groups in total. The Labute approximate surface area is 117 Å². The zero-order valence-corrected chi connectivity index (χ0v) is 11.4. The van der Waals surface area contributed by atoms with Gasteiger partial charge in [-0.15, -0.1) is 0 Å². The summed E-state index contributed by atoms with van der Waals surface area (Å²) in [7, 11) is 0. The van der Waals surface area contributed by atoms with Crippen molar-refractivity contribution in [3.8, 4) is 0 Å². The van der Waals surface area contributed by atoms with Crippen molar-refractivity contribution in [2.24, 2.45) is 0 Å². The third-order valence-electron chi connectivity index (χ3n) is 3.16. The average molecular weight is 267 g/mol. The summed E-state index contributed by atoms with van der Waals surface area (Å²) >= 11 is 0. The van der Waals surface area contributed by atoms with Crippen molar-refractivity contribution in [2.45, 2.75) is 19.8 Å². The molecule has 3 rings (SSSR count). The standard InChI is InChI=1S/C16H17N3O/c1-2-3-11-4-7-13(8-5-11)18-16-19-14-10-12(17)6-9-15(14)20-16/h4-10H,2-3,17H2,1H3,(H,18,19). The molecule has 0 saturated carbocycles. The van der Waals surface area contributed by atoms with Gasteiger partial charge in [0.25, 0.3) is 6.01 Å². The second kappa shape index (κ2) is 5.25. The van der Waals surface area contributed by atoms with Gasteiger partial charge in [-0.3, -0.25) is 0 Å². The fourth-order valence-corrected chi connectivity index (χ4v) is 2.16. The van der Waals surface area contributed by atoms with Gasteiger partial charge in [-0.2, -0.15) is 4.98 Å². The number of aromatic nitrogens is 1. The van der Waals surface area contributed by atoms with Crippen molar-refractivity contribution < 1.29 is 4.42 Å². The first-order chi connectivity index (χ1) is 9.74. The minimum Gasteiger partial charge on any atom is -0.423 e. The molecule has 4 nitrogen and oxygen atoms in total. The summed E-state index contributed by atoms with van der Waals surface area (Å²) in [5.41, 5.74) is 10.2. The maximum atomic E-state index is 5.73. The zero-order valence-electron chi connectivity index (χ0n) is 11.4. The zero-order chi connectivity index (χ0) is 13.9. The van der Waals surface area contributed by atoms with Crippen LogP contribution in [0.2, 0.25) is 0 Å². The molecule has 0 atom stereocenters. The monoisotopic (exact) mass is 267 g/mol. The summed E-state index contributed by atoms with van der Waals surface area (Å²) in [5, 5.41) is 3.16. The van der Waals surface area contributed by atoms with Crippen molar-refractivity contribution in [3.63, 3.8) is 0 Å². The van der Waals surface area contributed by atoms with Gasteiger partial charge in [0.15, 0.2) is 5.58 Å². The number of hydrogen-bond acceptors (Lipinski definition) is 4. The lowest BCUT2D eigenvalue weighted by atomic mass is 10.1. The molecule has 0 saturated heterocycles. The van der Waals surface area contributed by atoms with Crippen molar-refractivity contribution in [3.05, 3.63) is 48.0 Å². The molecule has 0 bridgehead atoms. The number of nitrogens with one attached hydrogen (secondary N) is 1. The number of hydrogen-bond donors (Lipinski definition) is 2. The number of nitrogens with zero attached hydrogens (tertiary/aromatic N) is 1. The summed E-state index contributed by atoms with van der Waals surface area (Å²) in [6, 6.07) is 14.2. The second-order valence-corrected chi connectivity index (χ2v) is 4.82. The highest BCUT2D eigenvalue weighted by Gasteiger charge is 2.06. The van der Waals surface area contributed by atoms with Gasteiger partial charge >= 0.3 is 0 Å². The molecule has 4 heteroatoms. The Kier molecular flexibility index (Phi) is 3.29. The van der Waals surface area contributed by atoms with Crippen molar-refractivity contribution >= 4 is 28.5 Å². The minimum absolute atomic E-state index is 0.480. The van der Waals surface area contributed by atoms with Gasteiger partial charge in [-0.1, -0.05) is 25.5 Å². The van der Waals surface area contributed by atoms with Crippen LogP contribution < -0.4 is 11.1 Å². The second-order valence-electron chi connectivity index (χ2n) is 4.82. The van der Waals surface area contributed by atoms with Gasteiger partial charge in [0.1, 0.15) is 5.52 Å². The van der Waals surface area contributed by atoms with Crippen LogP contribution in [0.3, 0.4) is 0 Å². The van der Waals surface area contributed by atoms with E-state index in [1.165, 1.54) is 5.56 Å². The van der Waals surface area contributed by atoms with Gasteiger partial charge in [0.2, 0.25) is 0 Å². The Balaban J connectivity index is 1.81. The summed E-state index contributed by atoms with van der Waals surface area (Å²) in [4.78, 5) is 4.37. The highest BCUT2D eigenvalue weighted by atomic mass is 16.4. The molecule has 0 aliphatic rings. The van der Waals surface area contributed by atoms with Crippen LogP contribution in [0.15, 0.2) is 46.9 Å². The van der Waals surface area contributed by atoms with E-state index in [2.05, 4.69) is 29.4 Å². The summed E-state index contributed by atoms with van der Waals surface area (Å²) in [5.74, 6) is 0. The molecule has 0 aliphatic carbocycles. The third-order valence-corrected chi connectivity index (χ3v) is 3.16. The minimum atomic E-state index is 0.480. The van der Waals surface area contributed by atoms with Gasteiger partial charge in [-0.05, 0) is 42.3 Å². The first-order valence-electron chi connectivity index (χ1n) is 6.76. The number of anilines is 3. The van der Waals surface area contributed by atoms with E-state index in [-0.39, 0.29) is 0 Å². The van der Waals surface area contributed by atoms with Gasteiger partial charge in [0, 0.05) is 11.4 Å². The summed E-state index contributed by atoms with van der Waals surface area (Å²) < 4.78 is 5.63. The van der Waals surface area contributed by atoms with Crippen LogP contribution in [0.25, 0.3) is 11.1 Å². The quantitative estimate of drug-likeness (QED) is 0.698. The van der Waals surface area contributed by atoms with Gasteiger partial charge < -0.3 is 15.5 Å². The molecular formula is C16H17N3O. The number of aryl methyl sites for hydroxylation is 1. The average Bonchev–Trinajstić information content (AvgIpc) is 2.82. The maximum Gasteiger partial charge on any atom is 0.300 e. The first kappa shape index (κ1) is 12.5. The van der Waals surface area contributed by atoms with E-state index in [0.717, 1.165) is 29.6 Å². The SMILES string of the molecule is CCCc1ccc(Nc2nc3cc(N)ccc3o2)cc1. The van der Waals surface area contributed by atoms with Crippen LogP contribution in [-0.4, -0.2) is 4.98 Å². The number of rotatable bonds is 4. The van der Waals surface area contributed by atoms with Crippen LogP contribution in [-0.2, 0) is 6.42 Å². The molecule has 0 aliphatic heterocycles. The fourth-order valence-electron chi connectivity index (χ4n) is 2.16. The third kappa shape index (κ3) is 2.59. The van der Waals surface area contributed by atoms with E-state index in [1.807, 2.05) is 18.2 Å². The molecule has 0 fully saturated rings. The van der Waals surface area contributed by atoms with E-state index in [1.54, 1.807) is 12.1 Å². The Hall–Kier alpha value is -2.49. The molecule has 20 heavy (non-hydrogen) atoms. The predicted octanol–water partition coefficient (Wildman–Crippen LogP) is 4.11. The molecule has 0 amide bonds. The van der Waals surface area contributed by atoms with Crippen molar-refractivity contribution in [1.82, 2.24) is 4.98 Å². The molecule has 1 heterocycles. The number of fused-ring (bicyclic) bond motifs is 1. The smallest absolute Gasteiger partial charge is 0.300 e. The van der Waals surface area contributed by atoms with Crippen molar-refractivity contribution in [2.75, 3.05) is 11.1 Å². The Morgan fingerprint density at radius 1 is 1.15 bits per heavy atom. The predicted molar refractivity (Wildman–Crippen MR) is 82.1 cm³/mol. The highest BCUT2D eigenvalue weighted by molar-refractivity contribution is 5.78. The van der Waals surface area contributed by atoms with Gasteiger partial charge in [0.05, 0.1) is 0 Å². The van der Waals surface area contributed by atoms with Crippen LogP contribution in [0.5, 0.6) is 0 Å². The largest absolute Gasteiger partial charge is 0.423 e. The number of benzene rings is 2. The molecular weight excluding hydrogens is 250 g/mol. The Morgan fingerprint density at radius 2 is 1.95 bits per heavy atom. The number of nitrogen functional groups attached to an aromatic ring is 1. The van der Waals surface area contributed by atoms with Crippen LogP contribution in [0.1, 0.15) is 18.9 Å².